The van der Waals surface area contributed by atoms with E-state index in [-0.39, 0.29) is 18.0 Å². The highest BCUT2D eigenvalue weighted by molar-refractivity contribution is 5.94. The third kappa shape index (κ3) is 4.71. The summed E-state index contributed by atoms with van der Waals surface area (Å²) in [6, 6.07) is 9.52. The zero-order valence-electron chi connectivity index (χ0n) is 18.2. The van der Waals surface area contributed by atoms with E-state index in [1.807, 2.05) is 37.4 Å². The molecule has 2 aliphatic rings. The van der Waals surface area contributed by atoms with Crippen molar-refractivity contribution in [1.29, 1.82) is 0 Å². The second-order valence-electron chi connectivity index (χ2n) is 8.64. The van der Waals surface area contributed by atoms with Crippen molar-refractivity contribution < 1.29 is 14.7 Å². The fraction of sp³-hybridized carbons (Fsp3) is 0.458. The lowest BCUT2D eigenvalue weighted by molar-refractivity contribution is -0.117. The summed E-state index contributed by atoms with van der Waals surface area (Å²) in [6.45, 7) is 6.71. The van der Waals surface area contributed by atoms with Crippen molar-refractivity contribution in [3.8, 4) is 11.3 Å². The smallest absolute Gasteiger partial charge is 0.405 e. The Morgan fingerprint density at radius 2 is 1.94 bits per heavy atom. The lowest BCUT2D eigenvalue weighted by atomic mass is 9.89. The van der Waals surface area contributed by atoms with Gasteiger partial charge in [0.15, 0.2) is 0 Å². The van der Waals surface area contributed by atoms with Gasteiger partial charge in [-0.25, -0.2) is 4.79 Å². The van der Waals surface area contributed by atoms with E-state index >= 15 is 0 Å². The molecule has 3 heterocycles. The Hall–Kier alpha value is -2.93. The number of hydrogen-bond acceptors (Lipinski definition) is 4. The predicted molar refractivity (Wildman–Crippen MR) is 120 cm³/mol. The molecule has 4 rings (SSSR count). The van der Waals surface area contributed by atoms with Crippen molar-refractivity contribution in [2.45, 2.75) is 58.2 Å². The highest BCUT2D eigenvalue weighted by Crippen LogP contribution is 2.39. The summed E-state index contributed by atoms with van der Waals surface area (Å²) in [5, 5.41) is 11.9. The highest BCUT2D eigenvalue weighted by Gasteiger charge is 2.33. The van der Waals surface area contributed by atoms with Crippen LogP contribution in [0.15, 0.2) is 36.5 Å². The van der Waals surface area contributed by atoms with Gasteiger partial charge in [-0.2, -0.15) is 0 Å². The van der Waals surface area contributed by atoms with Gasteiger partial charge in [-0.05, 0) is 68.6 Å². The number of carboxylic acid groups (broad SMARTS) is 1. The Kier molecular flexibility index (Phi) is 6.23. The number of carbonyl (C=O) groups excluding carboxylic acids is 1. The van der Waals surface area contributed by atoms with E-state index in [1.165, 1.54) is 24.8 Å². The van der Waals surface area contributed by atoms with Gasteiger partial charge in [0.25, 0.3) is 0 Å². The van der Waals surface area contributed by atoms with Gasteiger partial charge in [-0.3, -0.25) is 14.7 Å². The van der Waals surface area contributed by atoms with E-state index < -0.39 is 6.09 Å². The minimum Gasteiger partial charge on any atom is -0.465 e. The molecule has 1 aromatic carbocycles. The molecule has 0 aliphatic carbocycles. The normalized spacial score (nSPS) is 21.4. The van der Waals surface area contributed by atoms with Gasteiger partial charge in [0, 0.05) is 37.0 Å². The minimum absolute atomic E-state index is 0.0459. The zero-order chi connectivity index (χ0) is 22.0. The number of carbonyl (C=O) groups is 2. The molecule has 2 atom stereocenters. The first-order valence-corrected chi connectivity index (χ1v) is 11.0. The summed E-state index contributed by atoms with van der Waals surface area (Å²) >= 11 is 0. The second-order valence-corrected chi connectivity index (χ2v) is 8.64. The minimum atomic E-state index is -1.06. The maximum absolute atomic E-state index is 12.2. The molecule has 0 spiro atoms. The van der Waals surface area contributed by atoms with Crippen molar-refractivity contribution in [2.24, 2.45) is 0 Å². The molecule has 1 aromatic heterocycles. The summed E-state index contributed by atoms with van der Waals surface area (Å²) in [5.41, 5.74) is 4.53. The molecule has 2 aliphatic heterocycles. The Morgan fingerprint density at radius 3 is 2.58 bits per heavy atom. The fourth-order valence-electron chi connectivity index (χ4n) is 4.85. The molecule has 0 unspecified atom stereocenters. The third-order valence-electron chi connectivity index (χ3n) is 6.29. The molecule has 2 amide bonds. The van der Waals surface area contributed by atoms with Crippen molar-refractivity contribution in [3.05, 3.63) is 47.7 Å². The average molecular weight is 423 g/mol. The molecule has 1 saturated heterocycles. The summed E-state index contributed by atoms with van der Waals surface area (Å²) in [4.78, 5) is 32.5. The highest BCUT2D eigenvalue weighted by atomic mass is 16.4. The summed E-state index contributed by atoms with van der Waals surface area (Å²) in [7, 11) is 0. The average Bonchev–Trinajstić information content (AvgIpc) is 2.74. The topological polar surface area (TPSA) is 85.8 Å². The lowest BCUT2D eigenvalue weighted by Gasteiger charge is -2.39. The Labute approximate surface area is 183 Å². The van der Waals surface area contributed by atoms with Gasteiger partial charge in [0.2, 0.25) is 5.91 Å². The summed E-state index contributed by atoms with van der Waals surface area (Å²) in [5.74, 6) is -0.0459. The van der Waals surface area contributed by atoms with Gasteiger partial charge in [-0.15, -0.1) is 0 Å². The third-order valence-corrected chi connectivity index (χ3v) is 6.29. The number of piperidine rings is 1. The molecular formula is C24H30N4O3. The number of aromatic nitrogens is 1. The van der Waals surface area contributed by atoms with E-state index in [2.05, 4.69) is 21.3 Å². The molecule has 7 nitrogen and oxygen atoms in total. The number of hydrogen-bond donors (Lipinski definition) is 2. The van der Waals surface area contributed by atoms with Gasteiger partial charge in [0.05, 0.1) is 11.7 Å². The van der Waals surface area contributed by atoms with Gasteiger partial charge >= 0.3 is 6.09 Å². The van der Waals surface area contributed by atoms with E-state index in [4.69, 9.17) is 0 Å². The molecule has 164 valence electrons. The summed E-state index contributed by atoms with van der Waals surface area (Å²) in [6.07, 6.45) is 5.25. The van der Waals surface area contributed by atoms with Crippen LogP contribution in [-0.4, -0.2) is 46.1 Å². The standard InChI is InChI=1S/C24H30N4O3/c1-16-12-22(26-24(30)31)20-13-19(7-9-23(20)28(16)17(2)29)21-8-6-18(14-25-21)15-27-10-4-3-5-11-27/h6-9,13-14,16,22,26H,3-5,10-12,15H2,1-2H3,(H,30,31)/t16-,22+/m0/s1. The van der Waals surface area contributed by atoms with Crippen LogP contribution in [0.25, 0.3) is 11.3 Å². The number of nitrogens with zero attached hydrogens (tertiary/aromatic N) is 3. The van der Waals surface area contributed by atoms with Gasteiger partial charge in [-0.1, -0.05) is 18.6 Å². The van der Waals surface area contributed by atoms with Crippen molar-refractivity contribution in [1.82, 2.24) is 15.2 Å². The largest absolute Gasteiger partial charge is 0.465 e. The van der Waals surface area contributed by atoms with Crippen LogP contribution in [0, 0.1) is 0 Å². The van der Waals surface area contributed by atoms with E-state index in [9.17, 15) is 14.7 Å². The van der Waals surface area contributed by atoms with Crippen LogP contribution in [0.1, 0.15) is 56.7 Å². The van der Waals surface area contributed by atoms with Crippen LogP contribution < -0.4 is 10.2 Å². The van der Waals surface area contributed by atoms with E-state index in [0.29, 0.717) is 6.42 Å². The first kappa shape index (κ1) is 21.3. The number of likely N-dealkylation sites (tertiary alicyclic amines) is 1. The molecule has 7 heteroatoms. The van der Waals surface area contributed by atoms with E-state index in [1.54, 1.807) is 11.8 Å². The number of amides is 2. The molecule has 0 radical (unpaired) electrons. The van der Waals surface area contributed by atoms with Crippen LogP contribution in [0.4, 0.5) is 10.5 Å². The molecule has 1 fully saturated rings. The van der Waals surface area contributed by atoms with Crippen LogP contribution in [0.3, 0.4) is 0 Å². The van der Waals surface area contributed by atoms with Gasteiger partial charge in [0.1, 0.15) is 0 Å². The maximum Gasteiger partial charge on any atom is 0.405 e. The number of benzene rings is 1. The number of anilines is 1. The Bertz CT molecular complexity index is 954. The van der Waals surface area contributed by atoms with Crippen LogP contribution >= 0.6 is 0 Å². The monoisotopic (exact) mass is 422 g/mol. The van der Waals surface area contributed by atoms with Crippen LogP contribution in [-0.2, 0) is 11.3 Å². The number of nitrogens with one attached hydrogen (secondary N) is 1. The molecule has 0 saturated carbocycles. The predicted octanol–water partition coefficient (Wildman–Crippen LogP) is 4.19. The number of pyridine rings is 1. The first-order valence-electron chi connectivity index (χ1n) is 11.0. The molecule has 0 bridgehead atoms. The molecule has 2 N–H and O–H groups in total. The van der Waals surface area contributed by atoms with Gasteiger partial charge < -0.3 is 15.3 Å². The number of fused-ring (bicyclic) bond motifs is 1. The van der Waals surface area contributed by atoms with E-state index in [0.717, 1.165) is 42.1 Å². The van der Waals surface area contributed by atoms with Crippen molar-refractivity contribution in [3.63, 3.8) is 0 Å². The van der Waals surface area contributed by atoms with Crippen molar-refractivity contribution >= 4 is 17.7 Å². The molecule has 31 heavy (non-hydrogen) atoms. The fourth-order valence-corrected chi connectivity index (χ4v) is 4.85. The maximum atomic E-state index is 12.2. The van der Waals surface area contributed by atoms with Crippen LogP contribution in [0.2, 0.25) is 0 Å². The summed E-state index contributed by atoms with van der Waals surface area (Å²) < 4.78 is 0. The van der Waals surface area contributed by atoms with Crippen LogP contribution in [0.5, 0.6) is 0 Å². The molecule has 2 aromatic rings. The SMILES string of the molecule is CC(=O)N1c2ccc(-c3ccc(CN4CCCCC4)cn3)cc2[C@H](NC(=O)O)C[C@@H]1C. The second kappa shape index (κ2) is 9.06. The lowest BCUT2D eigenvalue weighted by Crippen LogP contribution is -2.45. The Balaban J connectivity index is 1.61. The molecular weight excluding hydrogens is 392 g/mol. The Morgan fingerprint density at radius 1 is 1.16 bits per heavy atom. The number of rotatable bonds is 4. The zero-order valence-corrected chi connectivity index (χ0v) is 18.2. The first-order chi connectivity index (χ1) is 14.9. The van der Waals surface area contributed by atoms with Crippen molar-refractivity contribution in [2.75, 3.05) is 18.0 Å². The quantitative estimate of drug-likeness (QED) is 0.772.